The average Bonchev–Trinajstić information content (AvgIpc) is 2.96. The van der Waals surface area contributed by atoms with E-state index in [9.17, 15) is 4.79 Å². The molecule has 0 saturated carbocycles. The molecule has 0 bridgehead atoms. The molecule has 0 saturated heterocycles. The molecule has 0 amide bonds. The first-order valence-corrected chi connectivity index (χ1v) is 8.56. The fraction of sp³-hybridized carbons (Fsp3) is 0.500. The van der Waals surface area contributed by atoms with Crippen molar-refractivity contribution in [2.24, 2.45) is 11.3 Å². The number of nitrogens with zero attached hydrogens (tertiary/aromatic N) is 3. The molecule has 130 valence electrons. The quantitative estimate of drug-likeness (QED) is 0.733. The predicted molar refractivity (Wildman–Crippen MR) is 95.7 cm³/mol. The van der Waals surface area contributed by atoms with Crippen LogP contribution in [0.15, 0.2) is 24.3 Å². The molecule has 0 aliphatic heterocycles. The van der Waals surface area contributed by atoms with Crippen LogP contribution < -0.4 is 4.74 Å². The van der Waals surface area contributed by atoms with Crippen molar-refractivity contribution in [3.05, 3.63) is 29.8 Å². The molecule has 0 N–H and O–H groups in total. The molecule has 0 aliphatic carbocycles. The van der Waals surface area contributed by atoms with Crippen molar-refractivity contribution in [2.45, 2.75) is 34.6 Å². The zero-order valence-corrected chi connectivity index (χ0v) is 15.6. The van der Waals surface area contributed by atoms with E-state index >= 15 is 0 Å². The van der Waals surface area contributed by atoms with E-state index in [2.05, 4.69) is 10.1 Å². The van der Waals surface area contributed by atoms with E-state index in [1.54, 1.807) is 13.8 Å². The van der Waals surface area contributed by atoms with Crippen LogP contribution in [0.25, 0.3) is 11.4 Å². The maximum atomic E-state index is 12.9. The first-order valence-electron chi connectivity index (χ1n) is 8.03. The number of rotatable bonds is 6. The van der Waals surface area contributed by atoms with E-state index in [0.29, 0.717) is 18.3 Å². The summed E-state index contributed by atoms with van der Waals surface area (Å²) in [6, 6.07) is 7.96. The van der Waals surface area contributed by atoms with Gasteiger partial charge in [-0.1, -0.05) is 38.1 Å². The van der Waals surface area contributed by atoms with Crippen LogP contribution in [0.4, 0.5) is 0 Å². The summed E-state index contributed by atoms with van der Waals surface area (Å²) in [7, 11) is 0. The lowest BCUT2D eigenvalue weighted by Gasteiger charge is -2.19. The van der Waals surface area contributed by atoms with Crippen LogP contribution in [0.2, 0.25) is 0 Å². The van der Waals surface area contributed by atoms with E-state index in [1.807, 2.05) is 45.0 Å². The van der Waals surface area contributed by atoms with Crippen LogP contribution >= 0.6 is 11.6 Å². The Hall–Kier alpha value is -1.88. The zero-order chi connectivity index (χ0) is 17.9. The summed E-state index contributed by atoms with van der Waals surface area (Å²) in [6.07, 6.45) is 0. The van der Waals surface area contributed by atoms with Crippen LogP contribution in [-0.2, 0) is 0 Å². The summed E-state index contributed by atoms with van der Waals surface area (Å²) in [5.74, 6) is 0.813. The summed E-state index contributed by atoms with van der Waals surface area (Å²) in [5.41, 5.74) is 1.11. The van der Waals surface area contributed by atoms with Crippen LogP contribution in [0.3, 0.4) is 0 Å². The van der Waals surface area contributed by atoms with Crippen molar-refractivity contribution in [1.82, 2.24) is 14.8 Å². The number of ether oxygens (including phenoxy) is 1. The van der Waals surface area contributed by atoms with E-state index in [-0.39, 0.29) is 17.8 Å². The van der Waals surface area contributed by atoms with Gasteiger partial charge in [0.1, 0.15) is 0 Å². The van der Waals surface area contributed by atoms with Crippen molar-refractivity contribution < 1.29 is 9.53 Å². The summed E-state index contributed by atoms with van der Waals surface area (Å²) in [6.45, 7) is 10.1. The van der Waals surface area contributed by atoms with E-state index in [1.165, 1.54) is 4.68 Å². The lowest BCUT2D eigenvalue weighted by Crippen LogP contribution is -2.32. The molecular formula is C18H24ClN3O2. The Labute approximate surface area is 148 Å². The second kappa shape index (κ2) is 7.34. The predicted octanol–water partition coefficient (Wildman–Crippen LogP) is 4.19. The Morgan fingerprint density at radius 2 is 2.00 bits per heavy atom. The molecule has 1 aromatic heterocycles. The van der Waals surface area contributed by atoms with Gasteiger partial charge >= 0.3 is 6.01 Å². The van der Waals surface area contributed by atoms with Crippen molar-refractivity contribution in [2.75, 3.05) is 12.5 Å². The summed E-state index contributed by atoms with van der Waals surface area (Å²) >= 11 is 5.96. The minimum Gasteiger partial charge on any atom is -0.462 e. The highest BCUT2D eigenvalue weighted by molar-refractivity contribution is 6.20. The van der Waals surface area contributed by atoms with Gasteiger partial charge in [-0.3, -0.25) is 4.79 Å². The van der Waals surface area contributed by atoms with Crippen LogP contribution in [-0.4, -0.2) is 33.2 Å². The van der Waals surface area contributed by atoms with E-state index < -0.39 is 5.41 Å². The van der Waals surface area contributed by atoms with Gasteiger partial charge in [0.05, 0.1) is 12.0 Å². The Morgan fingerprint density at radius 3 is 2.58 bits per heavy atom. The lowest BCUT2D eigenvalue weighted by molar-refractivity contribution is 0.0752. The minimum atomic E-state index is -0.748. The van der Waals surface area contributed by atoms with E-state index in [4.69, 9.17) is 16.3 Å². The van der Waals surface area contributed by atoms with Gasteiger partial charge in [0, 0.05) is 11.4 Å². The van der Waals surface area contributed by atoms with Gasteiger partial charge in [-0.2, -0.15) is 9.67 Å². The topological polar surface area (TPSA) is 57.0 Å². The maximum Gasteiger partial charge on any atom is 0.336 e. The summed E-state index contributed by atoms with van der Waals surface area (Å²) < 4.78 is 6.94. The molecule has 0 fully saturated rings. The van der Waals surface area contributed by atoms with Crippen molar-refractivity contribution in [3.63, 3.8) is 0 Å². The number of benzene rings is 1. The molecule has 0 unspecified atom stereocenters. The standard InChI is InChI=1S/C18H24ClN3O2/c1-12(2)10-24-17-20-15(14-9-7-6-8-13(14)3)22(21-17)16(23)18(4,5)11-19/h6-9,12H,10-11H2,1-5H3. The number of carbonyl (C=O) groups is 1. The number of alkyl halides is 1. The monoisotopic (exact) mass is 349 g/mol. The van der Waals surface area contributed by atoms with Gasteiger partial charge in [0.2, 0.25) is 0 Å². The third-order valence-electron chi connectivity index (χ3n) is 3.62. The van der Waals surface area contributed by atoms with Gasteiger partial charge in [-0.25, -0.2) is 0 Å². The summed E-state index contributed by atoms with van der Waals surface area (Å²) in [4.78, 5) is 17.3. The first kappa shape index (κ1) is 18.5. The summed E-state index contributed by atoms with van der Waals surface area (Å²) in [5, 5.41) is 4.29. The molecule has 2 aromatic rings. The van der Waals surface area contributed by atoms with Gasteiger partial charge in [0.25, 0.3) is 5.91 Å². The van der Waals surface area contributed by atoms with Crippen molar-refractivity contribution >= 4 is 17.5 Å². The molecule has 1 aromatic carbocycles. The Bertz CT molecular complexity index is 723. The molecule has 5 nitrogen and oxygen atoms in total. The molecule has 0 atom stereocenters. The second-order valence-corrected chi connectivity index (χ2v) is 7.24. The number of hydrogen-bond donors (Lipinski definition) is 0. The van der Waals surface area contributed by atoms with Gasteiger partial charge in [0.15, 0.2) is 5.82 Å². The highest BCUT2D eigenvalue weighted by Crippen LogP contribution is 2.27. The van der Waals surface area contributed by atoms with Crippen LogP contribution in [0, 0.1) is 18.3 Å². The zero-order valence-electron chi connectivity index (χ0n) is 14.8. The fourth-order valence-corrected chi connectivity index (χ4v) is 2.19. The van der Waals surface area contributed by atoms with Gasteiger partial charge in [-0.05, 0) is 32.3 Å². The highest BCUT2D eigenvalue weighted by Gasteiger charge is 2.32. The molecule has 0 radical (unpaired) electrons. The molecule has 1 heterocycles. The fourth-order valence-electron chi connectivity index (χ4n) is 2.08. The molecule has 6 heteroatoms. The third-order valence-corrected chi connectivity index (χ3v) is 4.29. The van der Waals surface area contributed by atoms with Crippen LogP contribution in [0.5, 0.6) is 6.01 Å². The van der Waals surface area contributed by atoms with Crippen LogP contribution in [0.1, 0.15) is 38.1 Å². The Kier molecular flexibility index (Phi) is 5.65. The molecule has 2 rings (SSSR count). The van der Waals surface area contributed by atoms with Crippen molar-refractivity contribution in [1.29, 1.82) is 0 Å². The molecule has 0 aliphatic rings. The molecular weight excluding hydrogens is 326 g/mol. The number of halogens is 1. The Morgan fingerprint density at radius 1 is 1.33 bits per heavy atom. The smallest absolute Gasteiger partial charge is 0.336 e. The van der Waals surface area contributed by atoms with Gasteiger partial charge in [-0.15, -0.1) is 16.7 Å². The largest absolute Gasteiger partial charge is 0.462 e. The second-order valence-electron chi connectivity index (χ2n) is 6.97. The maximum absolute atomic E-state index is 12.9. The first-order chi connectivity index (χ1) is 11.3. The normalized spacial score (nSPS) is 11.8. The lowest BCUT2D eigenvalue weighted by atomic mass is 9.95. The molecule has 24 heavy (non-hydrogen) atoms. The Balaban J connectivity index is 2.51. The number of aromatic nitrogens is 3. The number of aryl methyl sites for hydroxylation is 1. The SMILES string of the molecule is Cc1ccccc1-c1nc(OCC(C)C)nn1C(=O)C(C)(C)CCl. The number of carbonyl (C=O) groups excluding carboxylic acids is 1. The average molecular weight is 350 g/mol. The van der Waals surface area contributed by atoms with E-state index in [0.717, 1.165) is 11.1 Å². The minimum absolute atomic E-state index is 0.196. The highest BCUT2D eigenvalue weighted by atomic mass is 35.5. The molecule has 0 spiro atoms. The third kappa shape index (κ3) is 3.96. The van der Waals surface area contributed by atoms with Crippen molar-refractivity contribution in [3.8, 4) is 17.4 Å². The number of hydrogen-bond acceptors (Lipinski definition) is 4. The van der Waals surface area contributed by atoms with Gasteiger partial charge < -0.3 is 4.74 Å².